The fraction of sp³-hybridized carbons (Fsp3) is 0.409. The number of carboxylic acid groups (broad SMARTS) is 2. The van der Waals surface area contributed by atoms with Crippen molar-refractivity contribution in [3.63, 3.8) is 0 Å². The molecule has 4 heterocycles. The molecular weight excluding hydrogens is 446 g/mol. The van der Waals surface area contributed by atoms with Gasteiger partial charge >= 0.3 is 11.9 Å². The number of rotatable bonds is 6. The van der Waals surface area contributed by atoms with Crippen molar-refractivity contribution in [3.05, 3.63) is 35.0 Å². The second-order valence-corrected chi connectivity index (χ2v) is 8.65. The number of aryl methyl sites for hydroxylation is 2. The molecule has 1 aliphatic heterocycles. The van der Waals surface area contributed by atoms with Gasteiger partial charge in [-0.2, -0.15) is 0 Å². The molecule has 0 radical (unpaired) electrons. The molecule has 0 atom stereocenters. The molecule has 10 nitrogen and oxygen atoms in total. The molecule has 4 rings (SSSR count). The Balaban J connectivity index is 0.000000454. The first-order valence-corrected chi connectivity index (χ1v) is 11.4. The van der Waals surface area contributed by atoms with Crippen LogP contribution in [0, 0.1) is 13.8 Å². The minimum Gasteiger partial charge on any atom is -0.473 e. The number of carbonyl (C=O) groups is 2. The Kier molecular flexibility index (Phi) is 8.64. The molecule has 176 valence electrons. The highest BCUT2D eigenvalue weighted by molar-refractivity contribution is 7.18. The van der Waals surface area contributed by atoms with Gasteiger partial charge in [0.2, 0.25) is 0 Å². The zero-order valence-corrected chi connectivity index (χ0v) is 19.4. The van der Waals surface area contributed by atoms with Gasteiger partial charge in [-0.3, -0.25) is 9.88 Å². The summed E-state index contributed by atoms with van der Waals surface area (Å²) < 4.78 is 5.42. The SMILES string of the molecule is Cc1sc2nc(-c3cccnc3)nc(NCCCN3CCOCC3)c2c1C.O=C(O)C(=O)O. The van der Waals surface area contributed by atoms with E-state index in [4.69, 9.17) is 34.5 Å². The predicted molar refractivity (Wildman–Crippen MR) is 126 cm³/mol. The number of fused-ring (bicyclic) bond motifs is 1. The van der Waals surface area contributed by atoms with Gasteiger partial charge in [-0.05, 0) is 44.5 Å². The lowest BCUT2D eigenvalue weighted by atomic mass is 10.2. The van der Waals surface area contributed by atoms with Gasteiger partial charge in [0, 0.05) is 42.5 Å². The lowest BCUT2D eigenvalue weighted by molar-refractivity contribution is -0.159. The Morgan fingerprint density at radius 2 is 1.91 bits per heavy atom. The number of pyridine rings is 1. The van der Waals surface area contributed by atoms with Crippen LogP contribution in [0.4, 0.5) is 5.82 Å². The molecule has 0 bridgehead atoms. The van der Waals surface area contributed by atoms with Gasteiger partial charge in [-0.15, -0.1) is 11.3 Å². The molecule has 1 aliphatic rings. The summed E-state index contributed by atoms with van der Waals surface area (Å²) in [5, 5.41) is 19.5. The van der Waals surface area contributed by atoms with Crippen LogP contribution in [0.3, 0.4) is 0 Å². The summed E-state index contributed by atoms with van der Waals surface area (Å²) >= 11 is 1.73. The lowest BCUT2D eigenvalue weighted by Crippen LogP contribution is -2.37. The fourth-order valence-corrected chi connectivity index (χ4v) is 4.37. The first kappa shape index (κ1) is 24.5. The van der Waals surface area contributed by atoms with E-state index in [-0.39, 0.29) is 0 Å². The van der Waals surface area contributed by atoms with Crippen molar-refractivity contribution in [1.29, 1.82) is 0 Å². The number of carboxylic acids is 2. The van der Waals surface area contributed by atoms with Crippen LogP contribution in [0.15, 0.2) is 24.5 Å². The Morgan fingerprint density at radius 1 is 1.18 bits per heavy atom. The smallest absolute Gasteiger partial charge is 0.414 e. The quantitative estimate of drug-likeness (QED) is 0.362. The number of nitrogens with one attached hydrogen (secondary N) is 1. The minimum atomic E-state index is -1.82. The van der Waals surface area contributed by atoms with E-state index in [0.717, 1.165) is 73.2 Å². The van der Waals surface area contributed by atoms with Gasteiger partial charge in [-0.25, -0.2) is 19.6 Å². The largest absolute Gasteiger partial charge is 0.473 e. The van der Waals surface area contributed by atoms with Crippen molar-refractivity contribution in [2.24, 2.45) is 0 Å². The number of hydrogen-bond donors (Lipinski definition) is 3. The topological polar surface area (TPSA) is 138 Å². The Morgan fingerprint density at radius 3 is 2.55 bits per heavy atom. The molecule has 33 heavy (non-hydrogen) atoms. The van der Waals surface area contributed by atoms with Crippen LogP contribution >= 0.6 is 11.3 Å². The van der Waals surface area contributed by atoms with Crippen molar-refractivity contribution in [3.8, 4) is 11.4 Å². The van der Waals surface area contributed by atoms with E-state index in [9.17, 15) is 0 Å². The molecule has 1 saturated heterocycles. The third kappa shape index (κ3) is 6.67. The van der Waals surface area contributed by atoms with Gasteiger partial charge < -0.3 is 20.3 Å². The van der Waals surface area contributed by atoms with Gasteiger partial charge in [0.25, 0.3) is 0 Å². The first-order valence-electron chi connectivity index (χ1n) is 10.5. The van der Waals surface area contributed by atoms with Gasteiger partial charge in [0.1, 0.15) is 10.6 Å². The second kappa shape index (κ2) is 11.6. The third-order valence-electron chi connectivity index (χ3n) is 5.18. The number of thiophene rings is 1. The molecule has 1 fully saturated rings. The highest BCUT2D eigenvalue weighted by Crippen LogP contribution is 2.34. The summed E-state index contributed by atoms with van der Waals surface area (Å²) in [7, 11) is 0. The molecule has 3 aromatic rings. The molecule has 3 N–H and O–H groups in total. The number of aliphatic carboxylic acids is 2. The van der Waals surface area contributed by atoms with E-state index in [1.807, 2.05) is 18.3 Å². The van der Waals surface area contributed by atoms with Gasteiger partial charge in [-0.1, -0.05) is 0 Å². The lowest BCUT2D eigenvalue weighted by Gasteiger charge is -2.26. The van der Waals surface area contributed by atoms with Crippen LogP contribution in [0.2, 0.25) is 0 Å². The van der Waals surface area contributed by atoms with E-state index in [2.05, 4.69) is 29.0 Å². The summed E-state index contributed by atoms with van der Waals surface area (Å²) in [5.41, 5.74) is 2.21. The normalized spacial score (nSPS) is 13.9. The zero-order chi connectivity index (χ0) is 23.8. The summed E-state index contributed by atoms with van der Waals surface area (Å²) in [6, 6.07) is 3.92. The first-order chi connectivity index (χ1) is 15.9. The molecule has 0 saturated carbocycles. The van der Waals surface area contributed by atoms with E-state index < -0.39 is 11.9 Å². The van der Waals surface area contributed by atoms with Crippen LogP contribution in [-0.4, -0.2) is 81.4 Å². The fourth-order valence-electron chi connectivity index (χ4n) is 3.34. The van der Waals surface area contributed by atoms with Crippen LogP contribution in [0.1, 0.15) is 16.9 Å². The maximum atomic E-state index is 9.10. The van der Waals surface area contributed by atoms with Crippen LogP contribution < -0.4 is 5.32 Å². The molecule has 0 aliphatic carbocycles. The van der Waals surface area contributed by atoms with E-state index in [0.29, 0.717) is 0 Å². The predicted octanol–water partition coefficient (Wildman–Crippen LogP) is 2.66. The number of ether oxygens (including phenoxy) is 1. The van der Waals surface area contributed by atoms with Crippen LogP contribution in [-0.2, 0) is 14.3 Å². The van der Waals surface area contributed by atoms with E-state index in [1.165, 1.54) is 10.4 Å². The zero-order valence-electron chi connectivity index (χ0n) is 18.6. The maximum Gasteiger partial charge on any atom is 0.414 e. The number of morpholine rings is 1. The third-order valence-corrected chi connectivity index (χ3v) is 6.28. The molecule has 0 aromatic carbocycles. The highest BCUT2D eigenvalue weighted by atomic mass is 32.1. The van der Waals surface area contributed by atoms with Crippen molar-refractivity contribution in [1.82, 2.24) is 19.9 Å². The van der Waals surface area contributed by atoms with Crippen LogP contribution in [0.25, 0.3) is 21.6 Å². The van der Waals surface area contributed by atoms with Crippen molar-refractivity contribution >= 4 is 39.3 Å². The Bertz CT molecular complexity index is 1090. The number of aromatic nitrogens is 3. The summed E-state index contributed by atoms with van der Waals surface area (Å²) in [6.45, 7) is 10.0. The number of hydrogen-bond acceptors (Lipinski definition) is 9. The molecule has 3 aromatic heterocycles. The van der Waals surface area contributed by atoms with Crippen molar-refractivity contribution in [2.45, 2.75) is 20.3 Å². The average Bonchev–Trinajstić information content (AvgIpc) is 3.11. The Hall–Kier alpha value is -3.15. The number of anilines is 1. The van der Waals surface area contributed by atoms with Crippen molar-refractivity contribution < 1.29 is 24.5 Å². The summed E-state index contributed by atoms with van der Waals surface area (Å²) in [4.78, 5) is 36.8. The monoisotopic (exact) mass is 473 g/mol. The highest BCUT2D eigenvalue weighted by Gasteiger charge is 2.16. The van der Waals surface area contributed by atoms with E-state index >= 15 is 0 Å². The standard InChI is InChI=1S/C20H25N5OS.C2H2O4/c1-14-15(2)27-20-17(14)19(22-7-4-8-25-9-11-26-12-10-25)23-18(24-20)16-5-3-6-21-13-16;3-1(4)2(5)6/h3,5-6,13H,4,7-12H2,1-2H3,(H,22,23,24);(H,3,4)(H,5,6). The van der Waals surface area contributed by atoms with Gasteiger partial charge in [0.15, 0.2) is 5.82 Å². The van der Waals surface area contributed by atoms with Crippen LogP contribution in [0.5, 0.6) is 0 Å². The number of nitrogens with zero attached hydrogens (tertiary/aromatic N) is 4. The Labute approximate surface area is 195 Å². The molecule has 11 heteroatoms. The molecular formula is C22H27N5O5S. The molecule has 0 amide bonds. The molecule has 0 unspecified atom stereocenters. The maximum absolute atomic E-state index is 9.10. The summed E-state index contributed by atoms with van der Waals surface area (Å²) in [6.07, 6.45) is 4.67. The second-order valence-electron chi connectivity index (χ2n) is 7.45. The minimum absolute atomic E-state index is 0.729. The summed E-state index contributed by atoms with van der Waals surface area (Å²) in [5.74, 6) is -1.99. The average molecular weight is 474 g/mol. The van der Waals surface area contributed by atoms with Crippen molar-refractivity contribution in [2.75, 3.05) is 44.7 Å². The van der Waals surface area contributed by atoms with Gasteiger partial charge in [0.05, 0.1) is 18.6 Å². The molecule has 0 spiro atoms. The van der Waals surface area contributed by atoms with E-state index in [1.54, 1.807) is 17.5 Å².